The summed E-state index contributed by atoms with van der Waals surface area (Å²) in [5.41, 5.74) is 6.47. The molecule has 0 heterocycles. The Morgan fingerprint density at radius 3 is 2.62 bits per heavy atom. The lowest BCUT2D eigenvalue weighted by atomic mass is 9.74. The number of hydrogen-bond donors (Lipinski definition) is 2. The van der Waals surface area contributed by atoms with Gasteiger partial charge in [-0.25, -0.2) is 0 Å². The second kappa shape index (κ2) is 2.89. The maximum Gasteiger partial charge on any atom is 0.0916 e. The molecule has 0 aliphatic heterocycles. The third-order valence-electron chi connectivity index (χ3n) is 2.70. The van der Waals surface area contributed by atoms with E-state index >= 15 is 0 Å². The number of halogens is 1. The highest BCUT2D eigenvalue weighted by molar-refractivity contribution is 6.30. The van der Waals surface area contributed by atoms with Crippen molar-refractivity contribution in [1.29, 1.82) is 0 Å². The van der Waals surface area contributed by atoms with Crippen LogP contribution in [-0.4, -0.2) is 5.11 Å². The van der Waals surface area contributed by atoms with Gasteiger partial charge in [-0.3, -0.25) is 0 Å². The maximum atomic E-state index is 10.0. The van der Waals surface area contributed by atoms with Gasteiger partial charge in [0.2, 0.25) is 0 Å². The van der Waals surface area contributed by atoms with Gasteiger partial charge in [0.15, 0.2) is 0 Å². The average Bonchev–Trinajstić information content (AvgIpc) is 2.05. The minimum Gasteiger partial charge on any atom is -0.398 e. The molecule has 0 radical (unpaired) electrons. The average molecular weight is 198 g/mol. The predicted octanol–water partition coefficient (Wildman–Crippen LogP) is 2.29. The lowest BCUT2D eigenvalue weighted by molar-refractivity contribution is -0.0380. The molecule has 0 aromatic heterocycles. The highest BCUT2D eigenvalue weighted by Crippen LogP contribution is 2.43. The number of nitrogen functional groups attached to an aromatic ring is 1. The van der Waals surface area contributed by atoms with Crippen LogP contribution in [0.15, 0.2) is 18.2 Å². The molecule has 0 unspecified atom stereocenters. The topological polar surface area (TPSA) is 46.2 Å². The number of aliphatic hydroxyl groups is 1. The summed E-state index contributed by atoms with van der Waals surface area (Å²) in [6, 6.07) is 5.24. The van der Waals surface area contributed by atoms with Gasteiger partial charge in [0.1, 0.15) is 0 Å². The van der Waals surface area contributed by atoms with E-state index in [-0.39, 0.29) is 0 Å². The van der Waals surface area contributed by atoms with Crippen molar-refractivity contribution in [2.24, 2.45) is 0 Å². The molecule has 2 nitrogen and oxygen atoms in total. The summed E-state index contributed by atoms with van der Waals surface area (Å²) < 4.78 is 0. The van der Waals surface area contributed by atoms with Crippen LogP contribution in [0.3, 0.4) is 0 Å². The molecule has 3 heteroatoms. The van der Waals surface area contributed by atoms with E-state index in [1.54, 1.807) is 18.2 Å². The standard InChI is InChI=1S/C10H12ClNO/c11-7-2-3-9(12)8(6-7)10(13)4-1-5-10/h2-3,6,13H,1,4-5,12H2. The van der Waals surface area contributed by atoms with Crippen molar-refractivity contribution in [1.82, 2.24) is 0 Å². The molecule has 1 aromatic carbocycles. The van der Waals surface area contributed by atoms with Crippen LogP contribution in [0.1, 0.15) is 24.8 Å². The molecule has 1 fully saturated rings. The van der Waals surface area contributed by atoms with Crippen molar-refractivity contribution in [2.45, 2.75) is 24.9 Å². The lowest BCUT2D eigenvalue weighted by Crippen LogP contribution is -2.34. The lowest BCUT2D eigenvalue weighted by Gasteiger charge is -2.37. The van der Waals surface area contributed by atoms with Gasteiger partial charge < -0.3 is 10.8 Å². The maximum absolute atomic E-state index is 10.0. The number of anilines is 1. The van der Waals surface area contributed by atoms with Crippen LogP contribution in [0.5, 0.6) is 0 Å². The Balaban J connectivity index is 2.43. The van der Waals surface area contributed by atoms with Crippen molar-refractivity contribution >= 4 is 17.3 Å². The minimum atomic E-state index is -0.713. The SMILES string of the molecule is Nc1ccc(Cl)cc1C1(O)CCC1. The molecule has 0 amide bonds. The summed E-state index contributed by atoms with van der Waals surface area (Å²) >= 11 is 5.84. The first-order valence-corrected chi connectivity index (χ1v) is 4.77. The predicted molar refractivity (Wildman–Crippen MR) is 53.6 cm³/mol. The number of hydrogen-bond acceptors (Lipinski definition) is 2. The second-order valence-corrected chi connectivity index (χ2v) is 4.05. The van der Waals surface area contributed by atoms with Crippen LogP contribution < -0.4 is 5.73 Å². The first-order valence-electron chi connectivity index (χ1n) is 4.40. The molecule has 0 spiro atoms. The molecule has 0 atom stereocenters. The molecule has 70 valence electrons. The Labute approximate surface area is 82.3 Å². The van der Waals surface area contributed by atoms with E-state index in [4.69, 9.17) is 17.3 Å². The van der Waals surface area contributed by atoms with Gasteiger partial charge in [0, 0.05) is 16.3 Å². The first-order chi connectivity index (χ1) is 6.12. The van der Waals surface area contributed by atoms with Gasteiger partial charge in [-0.05, 0) is 37.5 Å². The molecule has 1 aromatic rings. The Morgan fingerprint density at radius 2 is 2.08 bits per heavy atom. The minimum absolute atomic E-state index is 0.629. The smallest absolute Gasteiger partial charge is 0.0916 e. The summed E-state index contributed by atoms with van der Waals surface area (Å²) in [5, 5.41) is 10.7. The molecule has 3 N–H and O–H groups in total. The van der Waals surface area contributed by atoms with Gasteiger partial charge in [-0.2, -0.15) is 0 Å². The van der Waals surface area contributed by atoms with Gasteiger partial charge in [0.05, 0.1) is 5.60 Å². The number of rotatable bonds is 1. The monoisotopic (exact) mass is 197 g/mol. The third kappa shape index (κ3) is 1.40. The Morgan fingerprint density at radius 1 is 1.38 bits per heavy atom. The Hall–Kier alpha value is -0.730. The normalized spacial score (nSPS) is 19.5. The van der Waals surface area contributed by atoms with E-state index in [0.717, 1.165) is 24.8 Å². The molecule has 1 aliphatic carbocycles. The van der Waals surface area contributed by atoms with Gasteiger partial charge in [-0.15, -0.1) is 0 Å². The van der Waals surface area contributed by atoms with Crippen LogP contribution in [0, 0.1) is 0 Å². The summed E-state index contributed by atoms with van der Waals surface area (Å²) in [7, 11) is 0. The molecule has 0 bridgehead atoms. The second-order valence-electron chi connectivity index (χ2n) is 3.62. The highest BCUT2D eigenvalue weighted by Gasteiger charge is 2.37. The number of nitrogens with two attached hydrogens (primary N) is 1. The third-order valence-corrected chi connectivity index (χ3v) is 2.93. The van der Waals surface area contributed by atoms with E-state index in [1.807, 2.05) is 0 Å². The zero-order valence-corrected chi connectivity index (χ0v) is 8.01. The Bertz CT molecular complexity index is 334. The largest absolute Gasteiger partial charge is 0.398 e. The van der Waals surface area contributed by atoms with E-state index < -0.39 is 5.60 Å². The number of benzene rings is 1. The zero-order valence-electron chi connectivity index (χ0n) is 7.26. The summed E-state index contributed by atoms with van der Waals surface area (Å²) in [6.45, 7) is 0. The molecule has 13 heavy (non-hydrogen) atoms. The molecule has 2 rings (SSSR count). The molecular formula is C10H12ClNO. The summed E-state index contributed by atoms with van der Waals surface area (Å²) in [4.78, 5) is 0. The van der Waals surface area contributed by atoms with Gasteiger partial charge >= 0.3 is 0 Å². The van der Waals surface area contributed by atoms with Crippen molar-refractivity contribution in [3.05, 3.63) is 28.8 Å². The van der Waals surface area contributed by atoms with E-state index in [9.17, 15) is 5.11 Å². The summed E-state index contributed by atoms with van der Waals surface area (Å²) in [6.07, 6.45) is 2.64. The zero-order chi connectivity index (χ0) is 9.47. The first kappa shape index (κ1) is 8.85. The van der Waals surface area contributed by atoms with E-state index in [2.05, 4.69) is 0 Å². The molecular weight excluding hydrogens is 186 g/mol. The van der Waals surface area contributed by atoms with E-state index in [1.165, 1.54) is 0 Å². The van der Waals surface area contributed by atoms with Crippen molar-refractivity contribution in [3.8, 4) is 0 Å². The molecule has 0 saturated heterocycles. The van der Waals surface area contributed by atoms with Gasteiger partial charge in [-0.1, -0.05) is 11.6 Å². The highest BCUT2D eigenvalue weighted by atomic mass is 35.5. The fourth-order valence-corrected chi connectivity index (χ4v) is 1.88. The quantitative estimate of drug-likeness (QED) is 0.679. The fraction of sp³-hybridized carbons (Fsp3) is 0.400. The molecule has 1 aliphatic rings. The van der Waals surface area contributed by atoms with E-state index in [0.29, 0.717) is 10.7 Å². The molecule has 1 saturated carbocycles. The van der Waals surface area contributed by atoms with Crippen molar-refractivity contribution in [2.75, 3.05) is 5.73 Å². The van der Waals surface area contributed by atoms with Crippen molar-refractivity contribution < 1.29 is 5.11 Å². The van der Waals surface area contributed by atoms with Crippen LogP contribution in [0.2, 0.25) is 5.02 Å². The van der Waals surface area contributed by atoms with Crippen molar-refractivity contribution in [3.63, 3.8) is 0 Å². The fourth-order valence-electron chi connectivity index (χ4n) is 1.71. The van der Waals surface area contributed by atoms with Crippen LogP contribution >= 0.6 is 11.6 Å². The Kier molecular flexibility index (Phi) is 1.97. The van der Waals surface area contributed by atoms with Crippen LogP contribution in [0.4, 0.5) is 5.69 Å². The van der Waals surface area contributed by atoms with Crippen LogP contribution in [0.25, 0.3) is 0 Å². The van der Waals surface area contributed by atoms with Crippen LogP contribution in [-0.2, 0) is 5.60 Å². The van der Waals surface area contributed by atoms with Gasteiger partial charge in [0.25, 0.3) is 0 Å². The summed E-state index contributed by atoms with van der Waals surface area (Å²) in [5.74, 6) is 0.